The van der Waals surface area contributed by atoms with Crippen molar-refractivity contribution in [3.8, 4) is 0 Å². The maximum Gasteiger partial charge on any atom is 0.460 e. The highest BCUT2D eigenvalue weighted by Gasteiger charge is 2.91. The van der Waals surface area contributed by atoms with Crippen molar-refractivity contribution in [3.05, 3.63) is 0 Å². The summed E-state index contributed by atoms with van der Waals surface area (Å²) in [4.78, 5) is 0. The van der Waals surface area contributed by atoms with Crippen LogP contribution in [0.25, 0.3) is 0 Å². The molecule has 0 spiro atoms. The zero-order valence-corrected chi connectivity index (χ0v) is 12.7. The van der Waals surface area contributed by atoms with Crippen LogP contribution in [-0.2, 0) is 10.1 Å². The molecule has 0 radical (unpaired) electrons. The highest BCUT2D eigenvalue weighted by molar-refractivity contribution is 7.86. The molecule has 0 rings (SSSR count). The van der Waals surface area contributed by atoms with Gasteiger partial charge in [-0.25, -0.2) is 0 Å². The molecule has 160 valence electrons. The number of hydrogen-bond donors (Lipinski definition) is 2. The van der Waals surface area contributed by atoms with E-state index in [0.29, 0.717) is 0 Å². The van der Waals surface area contributed by atoms with Gasteiger partial charge in [-0.05, 0) is 6.92 Å². The summed E-state index contributed by atoms with van der Waals surface area (Å²) in [6.45, 7) is -0.598. The Bertz CT molecular complexity index is 611. The van der Waals surface area contributed by atoms with Gasteiger partial charge in [-0.1, -0.05) is 0 Å². The third-order valence-corrected chi connectivity index (χ3v) is 4.10. The van der Waals surface area contributed by atoms with Crippen molar-refractivity contribution in [3.63, 3.8) is 0 Å². The minimum absolute atomic E-state index is 0. The molecule has 0 fully saturated rings. The van der Waals surface area contributed by atoms with Gasteiger partial charge in [-0.15, -0.1) is 0 Å². The van der Waals surface area contributed by atoms with E-state index >= 15 is 0 Å². The molecule has 0 aromatic carbocycles. The van der Waals surface area contributed by atoms with Crippen LogP contribution >= 0.6 is 0 Å². The molecule has 0 aromatic rings. The fourth-order valence-corrected chi connectivity index (χ4v) is 1.75. The van der Waals surface area contributed by atoms with Gasteiger partial charge >= 0.3 is 35.8 Å². The predicted octanol–water partition coefficient (Wildman–Crippen LogP) is 4.16. The number of hydrogen-bond acceptors (Lipinski definition) is 3. The minimum Gasteiger partial charge on any atom is -0.344 e. The molecule has 0 aliphatic rings. The van der Waals surface area contributed by atoms with E-state index in [0.717, 1.165) is 0 Å². The molecular weight excluding hydrogens is 437 g/mol. The smallest absolute Gasteiger partial charge is 0.344 e. The van der Waals surface area contributed by atoms with E-state index in [2.05, 4.69) is 0 Å². The first-order chi connectivity index (χ1) is 10.4. The van der Waals surface area contributed by atoms with Crippen molar-refractivity contribution >= 4 is 10.1 Å². The molecule has 0 aliphatic heterocycles. The summed E-state index contributed by atoms with van der Waals surface area (Å²) >= 11 is 0. The van der Waals surface area contributed by atoms with E-state index in [1.165, 1.54) is 0 Å². The summed E-state index contributed by atoms with van der Waals surface area (Å²) in [6.07, 6.45) is -7.56. The normalized spacial score (nSPS) is 16.9. The van der Waals surface area contributed by atoms with Crippen molar-refractivity contribution in [2.75, 3.05) is 0 Å². The van der Waals surface area contributed by atoms with Gasteiger partial charge in [-0.2, -0.15) is 65.5 Å². The summed E-state index contributed by atoms with van der Waals surface area (Å²) in [5.41, 5.74) is 0. The maximum absolute atomic E-state index is 13.2. The van der Waals surface area contributed by atoms with Crippen LogP contribution < -0.4 is 6.15 Å². The number of alkyl halides is 13. The van der Waals surface area contributed by atoms with Gasteiger partial charge < -0.3 is 6.15 Å². The van der Waals surface area contributed by atoms with Gasteiger partial charge in [0.05, 0.1) is 0 Å². The van der Waals surface area contributed by atoms with Crippen LogP contribution in [0.1, 0.15) is 6.92 Å². The number of halogens is 13. The molecule has 1 unspecified atom stereocenters. The van der Waals surface area contributed by atoms with Crippen molar-refractivity contribution in [1.82, 2.24) is 6.15 Å². The van der Waals surface area contributed by atoms with Crippen LogP contribution in [0.2, 0.25) is 0 Å². The summed E-state index contributed by atoms with van der Waals surface area (Å²) in [7, 11) is -6.33. The Morgan fingerprint density at radius 3 is 1.15 bits per heavy atom. The summed E-state index contributed by atoms with van der Waals surface area (Å²) in [5, 5.41) is -4.27. The lowest BCUT2D eigenvalue weighted by Gasteiger charge is -2.40. The average molecular weight is 445 g/mol. The lowest BCUT2D eigenvalue weighted by Crippen LogP contribution is -2.71. The second kappa shape index (κ2) is 6.54. The van der Waals surface area contributed by atoms with Crippen molar-refractivity contribution in [1.29, 1.82) is 0 Å². The van der Waals surface area contributed by atoms with E-state index in [-0.39, 0.29) is 6.15 Å². The fraction of sp³-hybridized carbons (Fsp3) is 1.00. The quantitative estimate of drug-likeness (QED) is 0.475. The molecule has 0 aromatic heterocycles. The Morgan fingerprint density at radius 1 is 0.654 bits per heavy atom. The van der Waals surface area contributed by atoms with Gasteiger partial charge in [0.1, 0.15) is 0 Å². The molecule has 4 N–H and O–H groups in total. The molecule has 0 amide bonds. The van der Waals surface area contributed by atoms with Crippen LogP contribution in [-0.4, -0.2) is 54.0 Å². The molecule has 18 heteroatoms. The van der Waals surface area contributed by atoms with Crippen LogP contribution in [0.5, 0.6) is 0 Å². The van der Waals surface area contributed by atoms with Crippen LogP contribution in [0.15, 0.2) is 0 Å². The standard InChI is InChI=1S/C8H5F13O3S.H3N/c1-2(25(22,23)24)3(9,10)4(11,12)5(13,14)6(15,16)7(17,18)8(19,20)21;/h2H,1H3,(H,22,23,24);1H3. The summed E-state index contributed by atoms with van der Waals surface area (Å²) in [5.74, 6) is -38.8. The van der Waals surface area contributed by atoms with Crippen LogP contribution in [0.3, 0.4) is 0 Å². The zero-order chi connectivity index (χ0) is 21.1. The molecular formula is C8H8F13NO3S. The average Bonchev–Trinajstić information content (AvgIpc) is 2.34. The van der Waals surface area contributed by atoms with Crippen molar-refractivity contribution in [2.45, 2.75) is 48.0 Å². The summed E-state index contributed by atoms with van der Waals surface area (Å²) < 4.78 is 193. The fourth-order valence-electron chi connectivity index (χ4n) is 1.22. The highest BCUT2D eigenvalue weighted by atomic mass is 32.2. The van der Waals surface area contributed by atoms with Crippen molar-refractivity contribution in [2.24, 2.45) is 0 Å². The molecule has 1 atom stereocenters. The Labute approximate surface area is 135 Å². The van der Waals surface area contributed by atoms with Gasteiger partial charge in [0.2, 0.25) is 0 Å². The Balaban J connectivity index is 0. The SMILES string of the molecule is CC(C(F)(F)C(F)(F)C(F)(F)C(F)(F)C(F)(F)C(F)(F)F)S(=O)(=O)O.N. The lowest BCUT2D eigenvalue weighted by molar-refractivity contribution is -0.439. The van der Waals surface area contributed by atoms with Crippen LogP contribution in [0, 0.1) is 0 Å². The molecule has 0 bridgehead atoms. The molecule has 4 nitrogen and oxygen atoms in total. The van der Waals surface area contributed by atoms with E-state index in [4.69, 9.17) is 4.55 Å². The first-order valence-electron chi connectivity index (χ1n) is 5.32. The first-order valence-corrected chi connectivity index (χ1v) is 6.83. The Morgan fingerprint density at radius 2 is 0.923 bits per heavy atom. The minimum atomic E-state index is -8.12. The lowest BCUT2D eigenvalue weighted by atomic mass is 9.93. The predicted molar refractivity (Wildman–Crippen MR) is 56.8 cm³/mol. The first kappa shape index (κ1) is 27.2. The van der Waals surface area contributed by atoms with Crippen LogP contribution in [0.4, 0.5) is 57.1 Å². The van der Waals surface area contributed by atoms with E-state index in [1.54, 1.807) is 0 Å². The van der Waals surface area contributed by atoms with E-state index < -0.39 is 58.1 Å². The van der Waals surface area contributed by atoms with Gasteiger partial charge in [0.15, 0.2) is 5.25 Å². The second-order valence-electron chi connectivity index (χ2n) is 4.58. The Kier molecular flexibility index (Phi) is 6.83. The number of rotatable bonds is 6. The van der Waals surface area contributed by atoms with Gasteiger partial charge in [-0.3, -0.25) is 4.55 Å². The maximum atomic E-state index is 13.2. The largest absolute Gasteiger partial charge is 0.460 e. The third kappa shape index (κ3) is 3.54. The van der Waals surface area contributed by atoms with E-state index in [1.807, 2.05) is 0 Å². The molecule has 0 heterocycles. The second-order valence-corrected chi connectivity index (χ2v) is 6.31. The van der Waals surface area contributed by atoms with Gasteiger partial charge in [0.25, 0.3) is 10.1 Å². The molecule has 0 saturated carbocycles. The monoisotopic (exact) mass is 445 g/mol. The highest BCUT2D eigenvalue weighted by Crippen LogP contribution is 2.60. The summed E-state index contributed by atoms with van der Waals surface area (Å²) in [6, 6.07) is 0. The molecule has 0 aliphatic carbocycles. The third-order valence-electron chi connectivity index (χ3n) is 2.92. The molecule has 0 saturated heterocycles. The topological polar surface area (TPSA) is 89.4 Å². The van der Waals surface area contributed by atoms with Crippen molar-refractivity contribution < 1.29 is 70.0 Å². The van der Waals surface area contributed by atoms with E-state index in [9.17, 15) is 65.5 Å². The Hall–Kier alpha value is -1.04. The van der Waals surface area contributed by atoms with Gasteiger partial charge in [0, 0.05) is 0 Å². The zero-order valence-electron chi connectivity index (χ0n) is 11.9. The molecule has 26 heavy (non-hydrogen) atoms.